The van der Waals surface area contributed by atoms with Crippen LogP contribution >= 0.6 is 0 Å². The zero-order valence-corrected chi connectivity index (χ0v) is 10.4. The van der Waals surface area contributed by atoms with Crippen molar-refractivity contribution in [1.29, 1.82) is 0 Å². The van der Waals surface area contributed by atoms with E-state index in [1.807, 2.05) is 18.2 Å². The highest BCUT2D eigenvalue weighted by Crippen LogP contribution is 2.14. The van der Waals surface area contributed by atoms with Crippen LogP contribution < -0.4 is 15.8 Å². The normalized spacial score (nSPS) is 11.5. The van der Waals surface area contributed by atoms with E-state index in [9.17, 15) is 0 Å². The fraction of sp³-hybridized carbons (Fsp3) is 0.538. The summed E-state index contributed by atoms with van der Waals surface area (Å²) in [6.45, 7) is 5.88. The quantitative estimate of drug-likeness (QED) is 0.773. The van der Waals surface area contributed by atoms with Crippen LogP contribution in [0.25, 0.3) is 0 Å². The van der Waals surface area contributed by atoms with Gasteiger partial charge in [0, 0.05) is 12.1 Å². The third kappa shape index (κ3) is 4.21. The highest BCUT2D eigenvalue weighted by molar-refractivity contribution is 5.28. The average Bonchev–Trinajstić information content (AvgIpc) is 2.27. The predicted octanol–water partition coefficient (Wildman–Crippen LogP) is 1.91. The van der Waals surface area contributed by atoms with Gasteiger partial charge < -0.3 is 15.8 Å². The number of methoxy groups -OCH3 is 1. The SMILES string of the molecule is COc1cccc(CNC(C)(C)CCN)c1. The fourth-order valence-corrected chi connectivity index (χ4v) is 1.57. The van der Waals surface area contributed by atoms with Crippen LogP contribution in [0.3, 0.4) is 0 Å². The lowest BCUT2D eigenvalue weighted by Crippen LogP contribution is -2.40. The maximum absolute atomic E-state index is 5.57. The smallest absolute Gasteiger partial charge is 0.119 e. The molecule has 3 nitrogen and oxygen atoms in total. The Morgan fingerprint density at radius 3 is 2.75 bits per heavy atom. The van der Waals surface area contributed by atoms with Gasteiger partial charge in [-0.15, -0.1) is 0 Å². The van der Waals surface area contributed by atoms with Crippen LogP contribution in [0.15, 0.2) is 24.3 Å². The Bertz CT molecular complexity index is 323. The summed E-state index contributed by atoms with van der Waals surface area (Å²) in [5, 5.41) is 3.49. The summed E-state index contributed by atoms with van der Waals surface area (Å²) < 4.78 is 5.19. The molecule has 0 fully saturated rings. The Hall–Kier alpha value is -1.06. The minimum absolute atomic E-state index is 0.0812. The molecule has 3 N–H and O–H groups in total. The molecule has 0 saturated heterocycles. The summed E-state index contributed by atoms with van der Waals surface area (Å²) in [6, 6.07) is 8.10. The lowest BCUT2D eigenvalue weighted by molar-refractivity contribution is 0.364. The van der Waals surface area contributed by atoms with E-state index in [-0.39, 0.29) is 5.54 Å². The van der Waals surface area contributed by atoms with E-state index in [1.165, 1.54) is 5.56 Å². The molecule has 0 aliphatic heterocycles. The molecular weight excluding hydrogens is 200 g/mol. The van der Waals surface area contributed by atoms with Crippen LogP contribution in [0.1, 0.15) is 25.8 Å². The van der Waals surface area contributed by atoms with E-state index < -0.39 is 0 Å². The zero-order chi connectivity index (χ0) is 12.0. The molecule has 0 radical (unpaired) electrons. The molecule has 0 amide bonds. The molecule has 0 bridgehead atoms. The van der Waals surface area contributed by atoms with Crippen molar-refractivity contribution in [2.45, 2.75) is 32.4 Å². The number of ether oxygens (including phenoxy) is 1. The molecule has 0 atom stereocenters. The average molecular weight is 222 g/mol. The monoisotopic (exact) mass is 222 g/mol. The van der Waals surface area contributed by atoms with Gasteiger partial charge in [-0.1, -0.05) is 12.1 Å². The number of rotatable bonds is 6. The molecule has 3 heteroatoms. The van der Waals surface area contributed by atoms with Crippen molar-refractivity contribution in [1.82, 2.24) is 5.32 Å². The molecule has 0 unspecified atom stereocenters. The topological polar surface area (TPSA) is 47.3 Å². The summed E-state index contributed by atoms with van der Waals surface area (Å²) in [7, 11) is 1.69. The molecule has 1 aromatic rings. The first-order valence-electron chi connectivity index (χ1n) is 5.65. The molecule has 1 rings (SSSR count). The Morgan fingerprint density at radius 2 is 2.12 bits per heavy atom. The second-order valence-corrected chi connectivity index (χ2v) is 4.63. The second kappa shape index (κ2) is 5.87. The second-order valence-electron chi connectivity index (χ2n) is 4.63. The lowest BCUT2D eigenvalue weighted by atomic mass is 10.0. The van der Waals surface area contributed by atoms with Crippen LogP contribution in [0.5, 0.6) is 5.75 Å². The van der Waals surface area contributed by atoms with Gasteiger partial charge in [-0.05, 0) is 44.5 Å². The van der Waals surface area contributed by atoms with Gasteiger partial charge in [-0.2, -0.15) is 0 Å². The Labute approximate surface area is 98.0 Å². The van der Waals surface area contributed by atoms with Crippen LogP contribution in [-0.4, -0.2) is 19.2 Å². The third-order valence-corrected chi connectivity index (χ3v) is 2.67. The molecule has 0 aliphatic carbocycles. The highest BCUT2D eigenvalue weighted by Gasteiger charge is 2.15. The van der Waals surface area contributed by atoms with Crippen molar-refractivity contribution in [2.24, 2.45) is 5.73 Å². The maximum Gasteiger partial charge on any atom is 0.119 e. The molecule has 0 spiro atoms. The molecule has 1 aromatic carbocycles. The van der Waals surface area contributed by atoms with Crippen molar-refractivity contribution < 1.29 is 4.74 Å². The molecular formula is C13H22N2O. The van der Waals surface area contributed by atoms with Crippen molar-refractivity contribution in [3.8, 4) is 5.75 Å². The van der Waals surface area contributed by atoms with Crippen molar-refractivity contribution in [2.75, 3.05) is 13.7 Å². The lowest BCUT2D eigenvalue weighted by Gasteiger charge is -2.25. The van der Waals surface area contributed by atoms with Crippen LogP contribution in [-0.2, 0) is 6.54 Å². The highest BCUT2D eigenvalue weighted by atomic mass is 16.5. The van der Waals surface area contributed by atoms with Crippen molar-refractivity contribution in [3.63, 3.8) is 0 Å². The molecule has 16 heavy (non-hydrogen) atoms. The molecule has 0 aromatic heterocycles. The molecule has 0 heterocycles. The Morgan fingerprint density at radius 1 is 1.38 bits per heavy atom. The van der Waals surface area contributed by atoms with Gasteiger partial charge in [0.05, 0.1) is 7.11 Å². The first-order chi connectivity index (χ1) is 7.57. The summed E-state index contributed by atoms with van der Waals surface area (Å²) in [6.07, 6.45) is 0.969. The minimum atomic E-state index is 0.0812. The fourth-order valence-electron chi connectivity index (χ4n) is 1.57. The van der Waals surface area contributed by atoms with Gasteiger partial charge >= 0.3 is 0 Å². The summed E-state index contributed by atoms with van der Waals surface area (Å²) in [4.78, 5) is 0. The maximum atomic E-state index is 5.57. The number of hydrogen-bond donors (Lipinski definition) is 2. The van der Waals surface area contributed by atoms with Gasteiger partial charge in [0.25, 0.3) is 0 Å². The number of hydrogen-bond acceptors (Lipinski definition) is 3. The van der Waals surface area contributed by atoms with Gasteiger partial charge in [-0.3, -0.25) is 0 Å². The number of benzene rings is 1. The van der Waals surface area contributed by atoms with Crippen LogP contribution in [0.4, 0.5) is 0 Å². The van der Waals surface area contributed by atoms with Crippen molar-refractivity contribution in [3.05, 3.63) is 29.8 Å². The van der Waals surface area contributed by atoms with E-state index in [4.69, 9.17) is 10.5 Å². The van der Waals surface area contributed by atoms with E-state index in [2.05, 4.69) is 25.2 Å². The van der Waals surface area contributed by atoms with E-state index in [1.54, 1.807) is 7.11 Å². The molecule has 0 saturated carbocycles. The van der Waals surface area contributed by atoms with E-state index in [0.717, 1.165) is 18.7 Å². The van der Waals surface area contributed by atoms with Crippen molar-refractivity contribution >= 4 is 0 Å². The Kier molecular flexibility index (Phi) is 4.77. The Balaban J connectivity index is 2.53. The number of nitrogens with one attached hydrogen (secondary N) is 1. The summed E-state index contributed by atoms with van der Waals surface area (Å²) >= 11 is 0. The number of nitrogens with two attached hydrogens (primary N) is 1. The zero-order valence-electron chi connectivity index (χ0n) is 10.4. The van der Waals surface area contributed by atoms with E-state index >= 15 is 0 Å². The summed E-state index contributed by atoms with van der Waals surface area (Å²) in [5.74, 6) is 0.899. The van der Waals surface area contributed by atoms with Crippen LogP contribution in [0, 0.1) is 0 Å². The predicted molar refractivity (Wildman–Crippen MR) is 67.6 cm³/mol. The van der Waals surface area contributed by atoms with Gasteiger partial charge in [0.2, 0.25) is 0 Å². The first kappa shape index (κ1) is 13.0. The largest absolute Gasteiger partial charge is 0.497 e. The van der Waals surface area contributed by atoms with Crippen LogP contribution in [0.2, 0.25) is 0 Å². The van der Waals surface area contributed by atoms with Gasteiger partial charge in [0.15, 0.2) is 0 Å². The molecule has 0 aliphatic rings. The van der Waals surface area contributed by atoms with E-state index in [0.29, 0.717) is 6.54 Å². The first-order valence-corrected chi connectivity index (χ1v) is 5.65. The molecule has 90 valence electrons. The third-order valence-electron chi connectivity index (χ3n) is 2.67. The summed E-state index contributed by atoms with van der Waals surface area (Å²) in [5.41, 5.74) is 6.88. The van der Waals surface area contributed by atoms with Gasteiger partial charge in [0.1, 0.15) is 5.75 Å². The van der Waals surface area contributed by atoms with Gasteiger partial charge in [-0.25, -0.2) is 0 Å². The minimum Gasteiger partial charge on any atom is -0.497 e. The standard InChI is InChI=1S/C13H22N2O/c1-13(2,7-8-14)15-10-11-5-4-6-12(9-11)16-3/h4-6,9,15H,7-8,10,14H2,1-3H3.